The van der Waals surface area contributed by atoms with Gasteiger partial charge < -0.3 is 25.0 Å². The molecule has 0 aliphatic heterocycles. The number of aliphatic carboxylic acids is 1. The maximum absolute atomic E-state index is 11.5. The minimum atomic E-state index is -1.17. The van der Waals surface area contributed by atoms with E-state index in [-0.39, 0.29) is 32.8 Å². The lowest BCUT2D eigenvalue weighted by atomic mass is 10.2. The number of rotatable bonds is 9. The molecule has 0 saturated carbocycles. The van der Waals surface area contributed by atoms with Crippen molar-refractivity contribution in [3.8, 4) is 0 Å². The van der Waals surface area contributed by atoms with Crippen LogP contribution in [0.1, 0.15) is 12.0 Å². The van der Waals surface area contributed by atoms with Crippen molar-refractivity contribution in [2.45, 2.75) is 19.1 Å². The monoisotopic (exact) mass is 297 g/mol. The standard InChI is InChI=1S/C14H19NO6/c16-7-9-20-8-6-12(13(17)18)15-14(19)21-10-11-4-2-1-3-5-11/h1-5,12,16H,6-10H2,(H,15,19)(H,17,18). The Morgan fingerprint density at radius 3 is 2.52 bits per heavy atom. The van der Waals surface area contributed by atoms with Crippen LogP contribution in [0.4, 0.5) is 4.79 Å². The molecule has 1 unspecified atom stereocenters. The van der Waals surface area contributed by atoms with Crippen molar-refractivity contribution in [1.29, 1.82) is 0 Å². The number of aliphatic hydroxyl groups is 1. The fourth-order valence-electron chi connectivity index (χ4n) is 1.53. The number of hydrogen-bond acceptors (Lipinski definition) is 5. The third-order valence-corrected chi connectivity index (χ3v) is 2.59. The van der Waals surface area contributed by atoms with Gasteiger partial charge in [-0.3, -0.25) is 0 Å². The first-order valence-electron chi connectivity index (χ1n) is 6.52. The molecule has 1 aromatic rings. The zero-order valence-corrected chi connectivity index (χ0v) is 11.5. The molecule has 0 aromatic heterocycles. The normalized spacial score (nSPS) is 11.7. The molecule has 0 heterocycles. The lowest BCUT2D eigenvalue weighted by molar-refractivity contribution is -0.139. The van der Waals surface area contributed by atoms with Crippen molar-refractivity contribution in [1.82, 2.24) is 5.32 Å². The summed E-state index contributed by atoms with van der Waals surface area (Å²) in [6.07, 6.45) is -0.705. The first-order chi connectivity index (χ1) is 10.1. The minimum Gasteiger partial charge on any atom is -0.480 e. The van der Waals surface area contributed by atoms with Crippen molar-refractivity contribution in [3.63, 3.8) is 0 Å². The molecule has 0 aliphatic rings. The van der Waals surface area contributed by atoms with Gasteiger partial charge in [-0.1, -0.05) is 30.3 Å². The maximum Gasteiger partial charge on any atom is 0.408 e. The van der Waals surface area contributed by atoms with Gasteiger partial charge >= 0.3 is 12.1 Å². The number of carboxylic acids is 1. The average Bonchev–Trinajstić information content (AvgIpc) is 2.49. The van der Waals surface area contributed by atoms with Crippen LogP contribution >= 0.6 is 0 Å². The smallest absolute Gasteiger partial charge is 0.408 e. The first kappa shape index (κ1) is 16.9. The molecule has 0 spiro atoms. The summed E-state index contributed by atoms with van der Waals surface area (Å²) >= 11 is 0. The Kier molecular flexibility index (Phi) is 7.85. The molecule has 0 radical (unpaired) electrons. The molecule has 1 rings (SSSR count). The molecular formula is C14H19NO6. The highest BCUT2D eigenvalue weighted by atomic mass is 16.5. The second-order valence-corrected chi connectivity index (χ2v) is 4.22. The van der Waals surface area contributed by atoms with Gasteiger partial charge in [-0.15, -0.1) is 0 Å². The van der Waals surface area contributed by atoms with Gasteiger partial charge in [0.25, 0.3) is 0 Å². The summed E-state index contributed by atoms with van der Waals surface area (Å²) in [4.78, 5) is 22.5. The number of amides is 1. The molecule has 0 fully saturated rings. The van der Waals surface area contributed by atoms with E-state index >= 15 is 0 Å². The van der Waals surface area contributed by atoms with Crippen LogP contribution in [0.25, 0.3) is 0 Å². The lowest BCUT2D eigenvalue weighted by Crippen LogP contribution is -2.41. The van der Waals surface area contributed by atoms with Crippen LogP contribution in [0.15, 0.2) is 30.3 Å². The largest absolute Gasteiger partial charge is 0.480 e. The number of nitrogens with one attached hydrogen (secondary N) is 1. The highest BCUT2D eigenvalue weighted by Gasteiger charge is 2.20. The van der Waals surface area contributed by atoms with Crippen molar-refractivity contribution < 1.29 is 29.3 Å². The molecule has 3 N–H and O–H groups in total. The fourth-order valence-corrected chi connectivity index (χ4v) is 1.53. The van der Waals surface area contributed by atoms with Crippen LogP contribution in [-0.4, -0.2) is 48.1 Å². The summed E-state index contributed by atoms with van der Waals surface area (Å²) in [5, 5.41) is 19.8. The second-order valence-electron chi connectivity index (χ2n) is 4.22. The lowest BCUT2D eigenvalue weighted by Gasteiger charge is -2.14. The van der Waals surface area contributed by atoms with E-state index in [9.17, 15) is 9.59 Å². The fraction of sp³-hybridized carbons (Fsp3) is 0.429. The van der Waals surface area contributed by atoms with Crippen LogP contribution in [0.3, 0.4) is 0 Å². The summed E-state index contributed by atoms with van der Waals surface area (Å²) in [6.45, 7) is 0.186. The van der Waals surface area contributed by atoms with Crippen molar-refractivity contribution in [2.75, 3.05) is 19.8 Å². The molecule has 21 heavy (non-hydrogen) atoms. The van der Waals surface area contributed by atoms with E-state index in [2.05, 4.69) is 5.32 Å². The predicted octanol–water partition coefficient (Wildman–Crippen LogP) is 0.765. The molecule has 0 aliphatic carbocycles. The van der Waals surface area contributed by atoms with Gasteiger partial charge in [-0.25, -0.2) is 9.59 Å². The van der Waals surface area contributed by atoms with E-state index in [1.54, 1.807) is 12.1 Å². The maximum atomic E-state index is 11.5. The molecule has 1 aromatic carbocycles. The van der Waals surface area contributed by atoms with Crippen LogP contribution in [-0.2, 0) is 20.9 Å². The highest BCUT2D eigenvalue weighted by Crippen LogP contribution is 2.01. The Morgan fingerprint density at radius 1 is 1.19 bits per heavy atom. The molecule has 1 amide bonds. The summed E-state index contributed by atoms with van der Waals surface area (Å²) in [7, 11) is 0. The van der Waals surface area contributed by atoms with Crippen molar-refractivity contribution in [3.05, 3.63) is 35.9 Å². The van der Waals surface area contributed by atoms with E-state index in [1.807, 2.05) is 18.2 Å². The number of aliphatic hydroxyl groups excluding tert-OH is 1. The Balaban J connectivity index is 2.33. The van der Waals surface area contributed by atoms with Crippen LogP contribution < -0.4 is 5.32 Å². The van der Waals surface area contributed by atoms with Gasteiger partial charge in [0.05, 0.1) is 13.2 Å². The van der Waals surface area contributed by atoms with Gasteiger partial charge in [-0.2, -0.15) is 0 Å². The van der Waals surface area contributed by atoms with E-state index in [0.717, 1.165) is 5.56 Å². The quantitative estimate of drug-likeness (QED) is 0.581. The van der Waals surface area contributed by atoms with Gasteiger partial charge in [0.2, 0.25) is 0 Å². The number of ether oxygens (including phenoxy) is 2. The van der Waals surface area contributed by atoms with Gasteiger partial charge in [0.15, 0.2) is 0 Å². The minimum absolute atomic E-state index is 0.0695. The predicted molar refractivity (Wildman–Crippen MR) is 73.7 cm³/mol. The molecule has 0 saturated heterocycles. The van der Waals surface area contributed by atoms with E-state index in [4.69, 9.17) is 19.7 Å². The van der Waals surface area contributed by atoms with E-state index in [1.165, 1.54) is 0 Å². The molecule has 7 nitrogen and oxygen atoms in total. The Morgan fingerprint density at radius 2 is 1.90 bits per heavy atom. The number of carbonyl (C=O) groups excluding carboxylic acids is 1. The molecule has 116 valence electrons. The van der Waals surface area contributed by atoms with Crippen molar-refractivity contribution >= 4 is 12.1 Å². The topological polar surface area (TPSA) is 105 Å². The summed E-state index contributed by atoms with van der Waals surface area (Å²) in [5.74, 6) is -1.17. The number of benzene rings is 1. The molecular weight excluding hydrogens is 278 g/mol. The zero-order chi connectivity index (χ0) is 15.5. The number of carboxylic acid groups (broad SMARTS) is 1. The molecule has 0 bridgehead atoms. The summed E-state index contributed by atoms with van der Waals surface area (Å²) in [6, 6.07) is 7.97. The Hall–Kier alpha value is -2.12. The van der Waals surface area contributed by atoms with Crippen molar-refractivity contribution in [2.24, 2.45) is 0 Å². The SMILES string of the molecule is O=C(NC(CCOCCO)C(=O)O)OCc1ccccc1. The molecule has 1 atom stereocenters. The Labute approximate surface area is 122 Å². The third-order valence-electron chi connectivity index (χ3n) is 2.59. The average molecular weight is 297 g/mol. The summed E-state index contributed by atoms with van der Waals surface area (Å²) < 4.78 is 9.91. The van der Waals surface area contributed by atoms with E-state index in [0.29, 0.717) is 0 Å². The highest BCUT2D eigenvalue weighted by molar-refractivity contribution is 5.79. The summed E-state index contributed by atoms with van der Waals surface area (Å²) in [5.41, 5.74) is 0.811. The van der Waals surface area contributed by atoms with E-state index < -0.39 is 18.1 Å². The van der Waals surface area contributed by atoms with Gasteiger partial charge in [0, 0.05) is 13.0 Å². The number of carbonyl (C=O) groups is 2. The first-order valence-corrected chi connectivity index (χ1v) is 6.52. The molecule has 7 heteroatoms. The third kappa shape index (κ3) is 7.28. The number of alkyl carbamates (subject to hydrolysis) is 1. The van der Waals surface area contributed by atoms with Crippen LogP contribution in [0.2, 0.25) is 0 Å². The van der Waals surface area contributed by atoms with Crippen LogP contribution in [0.5, 0.6) is 0 Å². The zero-order valence-electron chi connectivity index (χ0n) is 11.5. The Bertz CT molecular complexity index is 436. The van der Waals surface area contributed by atoms with Gasteiger partial charge in [0.1, 0.15) is 12.6 Å². The van der Waals surface area contributed by atoms with Crippen LogP contribution in [0, 0.1) is 0 Å². The second kappa shape index (κ2) is 9.73. The van der Waals surface area contributed by atoms with Gasteiger partial charge in [-0.05, 0) is 5.56 Å². The number of hydrogen-bond donors (Lipinski definition) is 3.